The Morgan fingerprint density at radius 2 is 1.77 bits per heavy atom. The lowest BCUT2D eigenvalue weighted by molar-refractivity contribution is -0.385. The summed E-state index contributed by atoms with van der Waals surface area (Å²) in [5, 5.41) is 13.6. The van der Waals surface area contributed by atoms with Gasteiger partial charge in [-0.2, -0.15) is 0 Å². The van der Waals surface area contributed by atoms with E-state index in [1.165, 1.54) is 23.8 Å². The van der Waals surface area contributed by atoms with Gasteiger partial charge in [0, 0.05) is 18.7 Å². The number of carbonyl (C=O) groups is 1. The molecule has 1 atom stereocenters. The summed E-state index contributed by atoms with van der Waals surface area (Å²) in [5.74, 6) is 0.109. The average molecular weight is 357 g/mol. The van der Waals surface area contributed by atoms with Gasteiger partial charge in [0.25, 0.3) is 5.91 Å². The molecule has 0 fully saturated rings. The van der Waals surface area contributed by atoms with Crippen molar-refractivity contribution in [3.05, 3.63) is 69.8 Å². The Morgan fingerprint density at radius 1 is 1.15 bits per heavy atom. The van der Waals surface area contributed by atoms with E-state index >= 15 is 0 Å². The number of benzene rings is 2. The summed E-state index contributed by atoms with van der Waals surface area (Å²) in [5.41, 5.74) is 8.07. The lowest BCUT2D eigenvalue weighted by atomic mass is 9.99. The first-order valence-corrected chi connectivity index (χ1v) is 8.37. The molecule has 0 aliphatic rings. The Morgan fingerprint density at radius 3 is 2.38 bits per heavy atom. The Balaban J connectivity index is 1.84. The van der Waals surface area contributed by atoms with Crippen LogP contribution in [-0.2, 0) is 4.79 Å². The van der Waals surface area contributed by atoms with E-state index in [9.17, 15) is 14.9 Å². The van der Waals surface area contributed by atoms with E-state index in [4.69, 9.17) is 10.5 Å². The van der Waals surface area contributed by atoms with E-state index in [1.807, 2.05) is 24.3 Å². The molecule has 0 aromatic heterocycles. The van der Waals surface area contributed by atoms with E-state index < -0.39 is 10.8 Å². The van der Waals surface area contributed by atoms with Gasteiger partial charge in [0.05, 0.1) is 4.92 Å². The summed E-state index contributed by atoms with van der Waals surface area (Å²) in [6.07, 6.45) is 0. The van der Waals surface area contributed by atoms with Gasteiger partial charge < -0.3 is 15.8 Å². The fourth-order valence-corrected chi connectivity index (χ4v) is 2.39. The first-order valence-electron chi connectivity index (χ1n) is 8.37. The highest BCUT2D eigenvalue weighted by Gasteiger charge is 2.15. The number of amides is 1. The van der Waals surface area contributed by atoms with Crippen molar-refractivity contribution in [1.29, 1.82) is 0 Å². The van der Waals surface area contributed by atoms with Gasteiger partial charge in [-0.3, -0.25) is 14.9 Å². The van der Waals surface area contributed by atoms with Crippen molar-refractivity contribution in [3.63, 3.8) is 0 Å². The molecule has 0 radical (unpaired) electrons. The second kappa shape index (κ2) is 8.96. The van der Waals surface area contributed by atoms with Gasteiger partial charge in [0.2, 0.25) is 0 Å². The minimum Gasteiger partial charge on any atom is -0.477 e. The minimum absolute atomic E-state index is 0.0567. The molecule has 26 heavy (non-hydrogen) atoms. The Labute approximate surface area is 152 Å². The highest BCUT2D eigenvalue weighted by molar-refractivity contribution is 5.77. The maximum Gasteiger partial charge on any atom is 0.310 e. The van der Waals surface area contributed by atoms with Crippen LogP contribution in [-0.4, -0.2) is 24.0 Å². The first-order chi connectivity index (χ1) is 12.4. The van der Waals surface area contributed by atoms with E-state index in [0.717, 1.165) is 5.56 Å². The Kier molecular flexibility index (Phi) is 6.68. The predicted molar refractivity (Wildman–Crippen MR) is 99.1 cm³/mol. The van der Waals surface area contributed by atoms with Crippen molar-refractivity contribution >= 4 is 11.6 Å². The molecule has 0 bridgehead atoms. The van der Waals surface area contributed by atoms with Crippen molar-refractivity contribution in [3.8, 4) is 5.75 Å². The molecule has 7 heteroatoms. The molecule has 138 valence electrons. The number of rotatable bonds is 8. The van der Waals surface area contributed by atoms with E-state index in [1.54, 1.807) is 6.07 Å². The van der Waals surface area contributed by atoms with Crippen molar-refractivity contribution in [2.45, 2.75) is 25.8 Å². The van der Waals surface area contributed by atoms with Crippen LogP contribution in [0.5, 0.6) is 5.75 Å². The third-order valence-corrected chi connectivity index (χ3v) is 3.97. The van der Waals surface area contributed by atoms with E-state index in [-0.39, 0.29) is 30.6 Å². The number of nitrogens with one attached hydrogen (secondary N) is 1. The predicted octanol–water partition coefficient (Wildman–Crippen LogP) is 2.91. The summed E-state index contributed by atoms with van der Waals surface area (Å²) in [6, 6.07) is 13.5. The van der Waals surface area contributed by atoms with Gasteiger partial charge in [-0.15, -0.1) is 0 Å². The number of hydrogen-bond acceptors (Lipinski definition) is 5. The zero-order valence-electron chi connectivity index (χ0n) is 14.8. The highest BCUT2D eigenvalue weighted by Crippen LogP contribution is 2.25. The van der Waals surface area contributed by atoms with Gasteiger partial charge in [0.1, 0.15) is 0 Å². The molecule has 0 heterocycles. The van der Waals surface area contributed by atoms with Crippen molar-refractivity contribution < 1.29 is 14.5 Å². The van der Waals surface area contributed by atoms with Gasteiger partial charge in [-0.1, -0.05) is 50.2 Å². The summed E-state index contributed by atoms with van der Waals surface area (Å²) < 4.78 is 5.25. The molecular weight excluding hydrogens is 334 g/mol. The average Bonchev–Trinajstić information content (AvgIpc) is 2.64. The third kappa shape index (κ3) is 5.29. The van der Waals surface area contributed by atoms with Crippen molar-refractivity contribution in [1.82, 2.24) is 5.32 Å². The molecule has 3 N–H and O–H groups in total. The zero-order valence-corrected chi connectivity index (χ0v) is 14.8. The quantitative estimate of drug-likeness (QED) is 0.558. The second-order valence-electron chi connectivity index (χ2n) is 6.25. The molecule has 7 nitrogen and oxygen atoms in total. The van der Waals surface area contributed by atoms with Crippen LogP contribution in [0.4, 0.5) is 5.69 Å². The Bertz CT molecular complexity index is 760. The number of nitro benzene ring substituents is 1. The molecule has 0 spiro atoms. The topological polar surface area (TPSA) is 107 Å². The van der Waals surface area contributed by atoms with Gasteiger partial charge in [-0.05, 0) is 23.1 Å². The van der Waals surface area contributed by atoms with E-state index in [2.05, 4.69) is 19.2 Å². The molecule has 1 amide bonds. The SMILES string of the molecule is CC(C)c1ccc(C(N)CNC(=O)COc2ccccc2[N+](=O)[O-])cc1. The van der Waals surface area contributed by atoms with Crippen LogP contribution >= 0.6 is 0 Å². The van der Waals surface area contributed by atoms with Crippen LogP contribution in [0.2, 0.25) is 0 Å². The maximum atomic E-state index is 11.9. The fourth-order valence-electron chi connectivity index (χ4n) is 2.39. The molecule has 0 aliphatic carbocycles. The fraction of sp³-hybridized carbons (Fsp3) is 0.316. The van der Waals surface area contributed by atoms with Crippen LogP contribution in [0.3, 0.4) is 0 Å². The summed E-state index contributed by atoms with van der Waals surface area (Å²) in [4.78, 5) is 22.3. The molecule has 2 aromatic rings. The number of para-hydroxylation sites is 2. The van der Waals surface area contributed by atoms with E-state index in [0.29, 0.717) is 5.92 Å². The summed E-state index contributed by atoms with van der Waals surface area (Å²) in [6.45, 7) is 4.17. The van der Waals surface area contributed by atoms with Crippen LogP contribution in [0.1, 0.15) is 36.9 Å². The van der Waals surface area contributed by atoms with Crippen LogP contribution in [0, 0.1) is 10.1 Å². The normalized spacial score (nSPS) is 11.8. The number of nitrogens with zero attached hydrogens (tertiary/aromatic N) is 1. The number of nitro groups is 1. The Hall–Kier alpha value is -2.93. The maximum absolute atomic E-state index is 11.9. The second-order valence-corrected chi connectivity index (χ2v) is 6.25. The lowest BCUT2D eigenvalue weighted by Crippen LogP contribution is -2.35. The zero-order chi connectivity index (χ0) is 19.1. The van der Waals surface area contributed by atoms with Crippen LogP contribution in [0.15, 0.2) is 48.5 Å². The smallest absolute Gasteiger partial charge is 0.310 e. The van der Waals surface area contributed by atoms with Crippen molar-refractivity contribution in [2.24, 2.45) is 5.73 Å². The summed E-state index contributed by atoms with van der Waals surface area (Å²) in [7, 11) is 0. The standard InChI is InChI=1S/C19H23N3O4/c1-13(2)14-7-9-15(10-8-14)16(20)11-21-19(23)12-26-18-6-4-3-5-17(18)22(24)25/h3-10,13,16H,11-12,20H2,1-2H3,(H,21,23). The van der Waals surface area contributed by atoms with Crippen LogP contribution < -0.4 is 15.8 Å². The number of hydrogen-bond donors (Lipinski definition) is 2. The molecule has 0 saturated carbocycles. The number of ether oxygens (including phenoxy) is 1. The largest absolute Gasteiger partial charge is 0.477 e. The van der Waals surface area contributed by atoms with Gasteiger partial charge >= 0.3 is 5.69 Å². The molecule has 0 aliphatic heterocycles. The molecule has 2 rings (SSSR count). The molecule has 0 saturated heterocycles. The number of nitrogens with two attached hydrogens (primary N) is 1. The van der Waals surface area contributed by atoms with Gasteiger partial charge in [0.15, 0.2) is 12.4 Å². The van der Waals surface area contributed by atoms with Gasteiger partial charge in [-0.25, -0.2) is 0 Å². The third-order valence-electron chi connectivity index (χ3n) is 3.97. The molecule has 1 unspecified atom stereocenters. The summed E-state index contributed by atoms with van der Waals surface area (Å²) >= 11 is 0. The lowest BCUT2D eigenvalue weighted by Gasteiger charge is -2.15. The molecule has 2 aromatic carbocycles. The monoisotopic (exact) mass is 357 g/mol. The number of carbonyl (C=O) groups excluding carboxylic acids is 1. The van der Waals surface area contributed by atoms with Crippen molar-refractivity contribution in [2.75, 3.05) is 13.2 Å². The minimum atomic E-state index is -0.552. The molecular formula is C19H23N3O4. The highest BCUT2D eigenvalue weighted by atomic mass is 16.6. The first kappa shape index (κ1) is 19.4. The van der Waals surface area contributed by atoms with Crippen LogP contribution in [0.25, 0.3) is 0 Å².